The van der Waals surface area contributed by atoms with E-state index < -0.39 is 74.7 Å². The number of pyridine rings is 1. The number of amides is 4. The van der Waals surface area contributed by atoms with Gasteiger partial charge in [0.1, 0.15) is 5.69 Å². The van der Waals surface area contributed by atoms with Crippen molar-refractivity contribution >= 4 is 80.2 Å². The predicted molar refractivity (Wildman–Crippen MR) is 163 cm³/mol. The number of hydrazine groups is 1. The van der Waals surface area contributed by atoms with Crippen LogP contribution in [-0.2, 0) is 25.4 Å². The van der Waals surface area contributed by atoms with Crippen LogP contribution in [0.4, 0.5) is 19.0 Å². The molecule has 6 atom stereocenters. The van der Waals surface area contributed by atoms with Gasteiger partial charge in [0.25, 0.3) is 23.6 Å². The number of imide groups is 2. The number of halogens is 7. The minimum absolute atomic E-state index is 0.00737. The summed E-state index contributed by atoms with van der Waals surface area (Å²) in [6.07, 6.45) is -3.43. The molecule has 2 aliphatic carbocycles. The molecule has 46 heavy (non-hydrogen) atoms. The van der Waals surface area contributed by atoms with E-state index >= 15 is 0 Å². The number of carbonyl (C=O) groups excluding carboxylic acids is 4. The van der Waals surface area contributed by atoms with E-state index in [-0.39, 0.29) is 34.8 Å². The average Bonchev–Trinajstić information content (AvgIpc) is 3.34. The number of phenolic OH excluding ortho intramolecular Hbond substituents is 1. The molecule has 244 valence electrons. The molecule has 2 saturated heterocycles. The summed E-state index contributed by atoms with van der Waals surface area (Å²) < 4.78 is 45.7. The zero-order chi connectivity index (χ0) is 33.7. The summed E-state index contributed by atoms with van der Waals surface area (Å²) in [4.78, 5) is 55.9. The number of hydrogen-bond acceptors (Lipinski definition) is 8. The number of hydrogen-bond donors (Lipinski definition) is 1. The summed E-state index contributed by atoms with van der Waals surface area (Å²) in [5, 5.41) is 11.6. The predicted octanol–water partition coefficient (Wildman–Crippen LogP) is 5.23. The number of likely N-dealkylation sites (tertiary alicyclic amines) is 1. The topological polar surface area (TPSA) is 120 Å². The Morgan fingerprint density at radius 1 is 1.11 bits per heavy atom. The molecule has 1 aromatic carbocycles. The molecular formula is C29H23BrCl3F3N4O6. The molecule has 0 radical (unpaired) electrons. The smallest absolute Gasteiger partial charge is 0.433 e. The zero-order valence-electron chi connectivity index (χ0n) is 23.8. The second-order valence-corrected chi connectivity index (χ2v) is 13.6. The number of carbonyl (C=O) groups is 4. The fraction of sp³-hybridized carbons (Fsp3) is 0.414. The molecule has 1 saturated carbocycles. The maximum atomic E-state index is 14.2. The van der Waals surface area contributed by atoms with Crippen LogP contribution in [0.5, 0.6) is 11.5 Å². The number of methoxy groups -OCH3 is 1. The van der Waals surface area contributed by atoms with Crippen LogP contribution in [0.1, 0.15) is 30.0 Å². The molecule has 4 aliphatic rings. The van der Waals surface area contributed by atoms with Crippen LogP contribution in [0.25, 0.3) is 0 Å². The molecular weight excluding hydrogens is 744 g/mol. The molecule has 0 bridgehead atoms. The molecule has 4 amide bonds. The Hall–Kier alpha value is -3.07. The summed E-state index contributed by atoms with van der Waals surface area (Å²) in [5.74, 6) is -7.81. The molecule has 2 aliphatic heterocycles. The summed E-state index contributed by atoms with van der Waals surface area (Å²) in [7, 11) is 2.52. The van der Waals surface area contributed by atoms with Gasteiger partial charge in [-0.25, -0.2) is 4.98 Å². The summed E-state index contributed by atoms with van der Waals surface area (Å²) in [6, 6.07) is 5.92. The highest BCUT2D eigenvalue weighted by atomic mass is 79.9. The van der Waals surface area contributed by atoms with Gasteiger partial charge in [-0.05, 0) is 48.6 Å². The van der Waals surface area contributed by atoms with Crippen molar-refractivity contribution in [2.75, 3.05) is 24.6 Å². The van der Waals surface area contributed by atoms with Crippen molar-refractivity contribution in [3.8, 4) is 11.5 Å². The number of anilines is 1. The monoisotopic (exact) mass is 764 g/mol. The Labute approximate surface area is 283 Å². The maximum Gasteiger partial charge on any atom is 0.433 e. The van der Waals surface area contributed by atoms with Gasteiger partial charge in [-0.1, -0.05) is 45.2 Å². The lowest BCUT2D eigenvalue weighted by Crippen LogP contribution is -2.60. The van der Waals surface area contributed by atoms with E-state index in [2.05, 4.69) is 20.9 Å². The first-order valence-corrected chi connectivity index (χ1v) is 16.0. The number of aromatic nitrogens is 1. The lowest BCUT2D eigenvalue weighted by molar-refractivity contribution is -0.142. The van der Waals surface area contributed by atoms with Gasteiger partial charge in [0.2, 0.25) is 0 Å². The number of phenols is 1. The summed E-state index contributed by atoms with van der Waals surface area (Å²) in [5.41, 5.74) is -0.663. The van der Waals surface area contributed by atoms with Gasteiger partial charge in [-0.3, -0.25) is 29.1 Å². The van der Waals surface area contributed by atoms with Gasteiger partial charge >= 0.3 is 6.18 Å². The maximum absolute atomic E-state index is 14.2. The molecule has 0 unspecified atom stereocenters. The molecule has 17 heteroatoms. The van der Waals surface area contributed by atoms with Gasteiger partial charge < -0.3 is 9.84 Å². The number of ether oxygens (including phenoxy) is 1. The molecule has 10 nitrogen and oxygen atoms in total. The van der Waals surface area contributed by atoms with Crippen molar-refractivity contribution in [3.05, 3.63) is 58.3 Å². The van der Waals surface area contributed by atoms with Gasteiger partial charge in [0, 0.05) is 13.0 Å². The number of nitrogens with zero attached hydrogens (tertiary/aromatic N) is 4. The number of allylic oxidation sites excluding steroid dienone is 2. The fourth-order valence-electron chi connectivity index (χ4n) is 7.19. The van der Waals surface area contributed by atoms with Gasteiger partial charge in [-0.2, -0.15) is 18.2 Å². The highest BCUT2D eigenvalue weighted by molar-refractivity contribution is 9.09. The average molecular weight is 767 g/mol. The number of rotatable bonds is 5. The van der Waals surface area contributed by atoms with Gasteiger partial charge in [0.15, 0.2) is 27.1 Å². The van der Waals surface area contributed by atoms with Crippen LogP contribution in [0.3, 0.4) is 0 Å². The van der Waals surface area contributed by atoms with Crippen molar-refractivity contribution in [3.63, 3.8) is 0 Å². The molecule has 3 fully saturated rings. The molecule has 6 rings (SSSR count). The third-order valence-electron chi connectivity index (χ3n) is 9.25. The minimum Gasteiger partial charge on any atom is -0.504 e. The lowest BCUT2D eigenvalue weighted by atomic mass is 9.56. The van der Waals surface area contributed by atoms with Crippen LogP contribution in [0.2, 0.25) is 5.02 Å². The van der Waals surface area contributed by atoms with Crippen LogP contribution < -0.4 is 9.75 Å². The minimum atomic E-state index is -4.82. The van der Waals surface area contributed by atoms with Gasteiger partial charge in [-0.15, -0.1) is 23.2 Å². The normalized spacial score (nSPS) is 30.7. The number of alkyl halides is 6. The highest BCUT2D eigenvalue weighted by Gasteiger charge is 2.76. The van der Waals surface area contributed by atoms with Crippen molar-refractivity contribution in [2.45, 2.75) is 34.7 Å². The van der Waals surface area contributed by atoms with Gasteiger partial charge in [0.05, 0.1) is 29.4 Å². The molecule has 3 heterocycles. The zero-order valence-corrected chi connectivity index (χ0v) is 27.7. The Morgan fingerprint density at radius 3 is 2.43 bits per heavy atom. The third-order valence-corrected chi connectivity index (χ3v) is 11.5. The van der Waals surface area contributed by atoms with E-state index in [9.17, 15) is 37.5 Å². The second kappa shape index (κ2) is 11.0. The van der Waals surface area contributed by atoms with Crippen LogP contribution >= 0.6 is 50.7 Å². The Bertz CT molecular complexity index is 1750. The Kier molecular flexibility index (Phi) is 7.85. The summed E-state index contributed by atoms with van der Waals surface area (Å²) >= 11 is 23.7. The fourth-order valence-corrected chi connectivity index (χ4v) is 8.84. The molecule has 2 aromatic rings. The largest absolute Gasteiger partial charge is 0.504 e. The highest BCUT2D eigenvalue weighted by Crippen LogP contribution is 2.65. The van der Waals surface area contributed by atoms with E-state index in [1.807, 2.05) is 0 Å². The van der Waals surface area contributed by atoms with E-state index in [4.69, 9.17) is 39.5 Å². The van der Waals surface area contributed by atoms with Crippen LogP contribution in [0, 0.1) is 17.8 Å². The quantitative estimate of drug-likeness (QED) is 0.190. The first kappa shape index (κ1) is 32.9. The summed E-state index contributed by atoms with van der Waals surface area (Å²) in [6.45, 7) is 0. The first-order valence-electron chi connectivity index (χ1n) is 13.7. The van der Waals surface area contributed by atoms with Crippen LogP contribution in [0.15, 0.2) is 42.0 Å². The Balaban J connectivity index is 1.47. The van der Waals surface area contributed by atoms with Crippen molar-refractivity contribution in [1.29, 1.82) is 0 Å². The van der Waals surface area contributed by atoms with Crippen molar-refractivity contribution in [1.82, 2.24) is 14.9 Å². The van der Waals surface area contributed by atoms with E-state index in [1.165, 1.54) is 32.4 Å². The molecule has 1 aromatic heterocycles. The second-order valence-electron chi connectivity index (χ2n) is 11.4. The van der Waals surface area contributed by atoms with E-state index in [1.54, 1.807) is 6.08 Å². The van der Waals surface area contributed by atoms with E-state index in [0.717, 1.165) is 16.0 Å². The SMILES string of the molecule is COc1cc([C@H]2C3=CC[C@@H]4C(=O)N(N(C)c5nc(C(F)(F)F)ccc5Cl)C(=O)[C@@H]4[C@@H]3C[C@@]3(Cl)C(=O)N(CBr)C(=O)[C@@]23Cl)ccc1O. The standard InChI is InChI=1S/C29H23BrCl3F3N4O6/c1-38(22-16(31)6-8-19(37-22)29(34,35)36)40-23(42)14-5-4-13-15(20(14)24(40)43)10-27(32)25(44)39(11-30)26(45)28(27,33)21(13)12-3-7-17(41)18(9-12)46-2/h3-4,6-9,14-15,20-21,41H,5,10-11H2,1-2H3/t14-,15+,20-,21-,27+,28-/m0/s1. The molecule has 0 spiro atoms. The van der Waals surface area contributed by atoms with Crippen LogP contribution in [-0.4, -0.2) is 73.0 Å². The third kappa shape index (κ3) is 4.39. The first-order chi connectivity index (χ1) is 21.5. The van der Waals surface area contributed by atoms with Crippen molar-refractivity contribution in [2.24, 2.45) is 17.8 Å². The lowest BCUT2D eigenvalue weighted by Gasteiger charge is -2.50. The van der Waals surface area contributed by atoms with Crippen molar-refractivity contribution < 1.29 is 42.2 Å². The number of benzene rings is 1. The molecule has 1 N–H and O–H groups in total. The number of fused-ring (bicyclic) bond motifs is 4. The van der Waals surface area contributed by atoms with E-state index in [0.29, 0.717) is 22.2 Å². The Morgan fingerprint density at radius 2 is 1.80 bits per heavy atom. The number of aromatic hydroxyl groups is 1.